The maximum absolute atomic E-state index is 15.2. The minimum Gasteiger partial charge on any atom is -0.348 e. The number of carbonyl (C=O) groups excluding carboxylic acids is 3. The number of nitrogens with zero attached hydrogens (tertiary/aromatic N) is 3. The van der Waals surface area contributed by atoms with Gasteiger partial charge in [-0.15, -0.1) is 0 Å². The van der Waals surface area contributed by atoms with Gasteiger partial charge in [0.25, 0.3) is 24.2 Å². The van der Waals surface area contributed by atoms with Gasteiger partial charge < -0.3 is 5.32 Å². The number of hydrogen-bond acceptors (Lipinski definition) is 5. The first-order valence-electron chi connectivity index (χ1n) is 17.8. The van der Waals surface area contributed by atoms with E-state index in [1.54, 1.807) is 48.5 Å². The van der Waals surface area contributed by atoms with Gasteiger partial charge in [0.15, 0.2) is 11.6 Å². The minimum absolute atomic E-state index is 0.0828. The van der Waals surface area contributed by atoms with E-state index < -0.39 is 84.4 Å². The number of amides is 1. The van der Waals surface area contributed by atoms with Gasteiger partial charge in [-0.25, -0.2) is 26.3 Å². The van der Waals surface area contributed by atoms with E-state index in [2.05, 4.69) is 10.4 Å². The first-order valence-corrected chi connectivity index (χ1v) is 17.8. The van der Waals surface area contributed by atoms with Gasteiger partial charge in [-0.2, -0.15) is 13.9 Å². The van der Waals surface area contributed by atoms with E-state index in [1.807, 2.05) is 0 Å². The molecule has 288 valence electrons. The number of Topliss-reactive ketones (excluding diaryl/α,β-unsaturated/α-hetero) is 2. The molecular weight excluding hydrogens is 748 g/mol. The van der Waals surface area contributed by atoms with E-state index >= 15 is 8.78 Å². The second kappa shape index (κ2) is 13.8. The molecule has 0 radical (unpaired) electrons. The highest BCUT2D eigenvalue weighted by Crippen LogP contribution is 2.52. The lowest BCUT2D eigenvalue weighted by molar-refractivity contribution is -0.121. The summed E-state index contributed by atoms with van der Waals surface area (Å²) in [6, 6.07) is 16.4. The summed E-state index contributed by atoms with van der Waals surface area (Å²) in [6.07, 6.45) is -6.40. The number of carbonyl (C=O) groups is 3. The molecule has 2 aromatic heterocycles. The molecule has 3 aliphatic rings. The molecule has 0 unspecified atom stereocenters. The maximum atomic E-state index is 15.2. The largest absolute Gasteiger partial charge is 0.348 e. The highest BCUT2D eigenvalue weighted by Gasteiger charge is 2.55. The molecule has 1 aliphatic heterocycles. The van der Waals surface area contributed by atoms with E-state index in [1.165, 1.54) is 0 Å². The van der Waals surface area contributed by atoms with Crippen LogP contribution in [0.1, 0.15) is 98.1 Å². The number of aromatic nitrogens is 3. The number of rotatable bonds is 10. The number of ketones is 2. The molecule has 8 rings (SSSR count). The number of halogens is 8. The van der Waals surface area contributed by atoms with Crippen molar-refractivity contribution in [2.75, 3.05) is 0 Å². The number of fused-ring (bicyclic) bond motifs is 3. The van der Waals surface area contributed by atoms with Crippen molar-refractivity contribution in [3.63, 3.8) is 0 Å². The quantitative estimate of drug-likeness (QED) is 0.143. The molecule has 2 aliphatic carbocycles. The zero-order valence-corrected chi connectivity index (χ0v) is 29.3. The first kappa shape index (κ1) is 37.2. The lowest BCUT2D eigenvalue weighted by atomic mass is 9.85. The number of benzene rings is 3. The van der Waals surface area contributed by atoms with Gasteiger partial charge >= 0.3 is 0 Å². The molecule has 0 fully saturated rings. The predicted molar refractivity (Wildman–Crippen MR) is 186 cm³/mol. The molecule has 7 nitrogen and oxygen atoms in total. The van der Waals surface area contributed by atoms with Crippen molar-refractivity contribution in [2.45, 2.75) is 75.8 Å². The monoisotopic (exact) mass is 778 g/mol. The summed E-state index contributed by atoms with van der Waals surface area (Å²) in [5, 5.41) is 6.15. The fourth-order valence-electron chi connectivity index (χ4n) is 7.99. The van der Waals surface area contributed by atoms with Gasteiger partial charge in [-0.05, 0) is 65.4 Å². The summed E-state index contributed by atoms with van der Waals surface area (Å²) in [5.41, 5.74) is -0.106. The Kier molecular flexibility index (Phi) is 9.16. The molecular formula is C41H30F8N4O3. The van der Waals surface area contributed by atoms with Crippen molar-refractivity contribution in [1.29, 1.82) is 0 Å². The number of hydrogen-bond donors (Lipinski definition) is 1. The fraction of sp³-hybridized carbons (Fsp3) is 0.293. The second-order valence-electron chi connectivity index (χ2n) is 14.4. The average Bonchev–Trinajstić information content (AvgIpc) is 3.84. The highest BCUT2D eigenvalue weighted by atomic mass is 19.3. The van der Waals surface area contributed by atoms with Crippen LogP contribution >= 0.6 is 0 Å². The summed E-state index contributed by atoms with van der Waals surface area (Å²) >= 11 is 0. The fourth-order valence-corrected chi connectivity index (χ4v) is 7.99. The van der Waals surface area contributed by atoms with E-state index in [9.17, 15) is 40.7 Å². The standard InChI is InChI=1S/C41H30F8N4O3/c42-26-12-20(13-27(43)17-26)11-25(14-28(54)19-53-37-34(36(52-53)38(44)45)40(46,47)9-10-41(37,48)49)35-29(22-2-1-21-5-8-33(55)30(21)15-22)6-7-32(51-35)23-3-4-24-18-50-39(56)31(24)16-23/h1-4,6-7,12-13,15-17,25,38H,5,8-11,14,18-19H2,(H,50,56)/t25-/m1/s1. The zero-order valence-electron chi connectivity index (χ0n) is 29.3. The molecule has 0 bridgehead atoms. The van der Waals surface area contributed by atoms with Gasteiger partial charge in [0.1, 0.15) is 29.6 Å². The smallest absolute Gasteiger partial charge is 0.290 e. The van der Waals surface area contributed by atoms with Crippen molar-refractivity contribution in [1.82, 2.24) is 20.1 Å². The Bertz CT molecular complexity index is 2440. The third kappa shape index (κ3) is 6.76. The Balaban J connectivity index is 1.25. The van der Waals surface area contributed by atoms with Gasteiger partial charge in [0.05, 0.1) is 17.0 Å². The van der Waals surface area contributed by atoms with Crippen molar-refractivity contribution in [3.8, 4) is 22.4 Å². The molecule has 15 heteroatoms. The first-order chi connectivity index (χ1) is 26.6. The number of aryl methyl sites for hydroxylation is 1. The van der Waals surface area contributed by atoms with E-state index in [0.29, 0.717) is 59.0 Å². The summed E-state index contributed by atoms with van der Waals surface area (Å²) in [7, 11) is 0. The van der Waals surface area contributed by atoms with Crippen LogP contribution in [0, 0.1) is 11.6 Å². The molecule has 0 saturated carbocycles. The summed E-state index contributed by atoms with van der Waals surface area (Å²) in [6.45, 7) is -0.767. The number of nitrogens with one attached hydrogen (secondary N) is 1. The molecule has 1 N–H and O–H groups in total. The van der Waals surface area contributed by atoms with Crippen LogP contribution in [0.4, 0.5) is 35.1 Å². The molecule has 56 heavy (non-hydrogen) atoms. The normalized spacial score (nSPS) is 17.1. The van der Waals surface area contributed by atoms with Gasteiger partial charge in [-0.1, -0.05) is 30.3 Å². The Hall–Kier alpha value is -5.73. The molecule has 0 spiro atoms. The van der Waals surface area contributed by atoms with E-state index in [0.717, 1.165) is 23.3 Å². The molecule has 0 saturated heterocycles. The summed E-state index contributed by atoms with van der Waals surface area (Å²) < 4.78 is 117. The summed E-state index contributed by atoms with van der Waals surface area (Å²) in [4.78, 5) is 44.2. The van der Waals surface area contributed by atoms with Crippen LogP contribution in [-0.4, -0.2) is 32.2 Å². The molecule has 3 heterocycles. The van der Waals surface area contributed by atoms with Gasteiger partial charge in [0, 0.05) is 66.5 Å². The lowest BCUT2D eigenvalue weighted by Gasteiger charge is -2.29. The second-order valence-corrected chi connectivity index (χ2v) is 14.4. The van der Waals surface area contributed by atoms with Crippen LogP contribution in [0.25, 0.3) is 22.4 Å². The minimum atomic E-state index is -4.05. The SMILES string of the molecule is O=C(C[C@@H](Cc1cc(F)cc(F)c1)c1nc(-c2ccc3c(c2)C(=O)NC3)ccc1-c1ccc2c(c1)C(=O)CC2)Cn1nc(C(F)F)c2c1C(F)(F)CCC2(F)F. The Morgan fingerprint density at radius 2 is 1.48 bits per heavy atom. The van der Waals surface area contributed by atoms with Crippen LogP contribution in [0.15, 0.2) is 66.7 Å². The number of pyridine rings is 1. The van der Waals surface area contributed by atoms with Crippen molar-refractivity contribution < 1.29 is 49.5 Å². The predicted octanol–water partition coefficient (Wildman–Crippen LogP) is 9.16. The Labute approximate surface area is 313 Å². The van der Waals surface area contributed by atoms with Gasteiger partial charge in [-0.3, -0.25) is 24.0 Å². The Morgan fingerprint density at radius 3 is 2.23 bits per heavy atom. The topological polar surface area (TPSA) is 94.0 Å². The lowest BCUT2D eigenvalue weighted by Crippen LogP contribution is -2.33. The summed E-state index contributed by atoms with van der Waals surface area (Å²) in [5.74, 6) is -12.3. The van der Waals surface area contributed by atoms with E-state index in [4.69, 9.17) is 4.98 Å². The van der Waals surface area contributed by atoms with Crippen LogP contribution in [0.2, 0.25) is 0 Å². The van der Waals surface area contributed by atoms with Crippen molar-refractivity contribution in [2.24, 2.45) is 0 Å². The third-order valence-corrected chi connectivity index (χ3v) is 10.6. The zero-order chi connectivity index (χ0) is 39.7. The molecule has 5 aromatic rings. The van der Waals surface area contributed by atoms with E-state index in [-0.39, 0.29) is 34.1 Å². The molecule has 3 aromatic carbocycles. The maximum Gasteiger partial charge on any atom is 0.290 e. The molecule has 1 atom stereocenters. The highest BCUT2D eigenvalue weighted by molar-refractivity contribution is 6.01. The van der Waals surface area contributed by atoms with Crippen LogP contribution in [-0.2, 0) is 42.6 Å². The van der Waals surface area contributed by atoms with Crippen LogP contribution < -0.4 is 5.32 Å². The third-order valence-electron chi connectivity index (χ3n) is 10.6. The van der Waals surface area contributed by atoms with Crippen LogP contribution in [0.5, 0.6) is 0 Å². The van der Waals surface area contributed by atoms with Gasteiger partial charge in [0.2, 0.25) is 0 Å². The Morgan fingerprint density at radius 1 is 0.786 bits per heavy atom. The van der Waals surface area contributed by atoms with Crippen molar-refractivity contribution in [3.05, 3.63) is 129 Å². The van der Waals surface area contributed by atoms with Crippen LogP contribution in [0.3, 0.4) is 0 Å². The average molecular weight is 779 g/mol. The number of alkyl halides is 6. The molecule has 1 amide bonds. The van der Waals surface area contributed by atoms with Crippen molar-refractivity contribution >= 4 is 17.5 Å².